The van der Waals surface area contributed by atoms with Gasteiger partial charge in [-0.1, -0.05) is 18.2 Å². The van der Waals surface area contributed by atoms with E-state index in [2.05, 4.69) is 45.8 Å². The first-order valence-corrected chi connectivity index (χ1v) is 10.1. The molecule has 0 spiro atoms. The van der Waals surface area contributed by atoms with Gasteiger partial charge < -0.3 is 5.32 Å². The van der Waals surface area contributed by atoms with E-state index >= 15 is 0 Å². The Labute approximate surface area is 155 Å². The molecule has 3 rings (SSSR count). The van der Waals surface area contributed by atoms with Crippen LogP contribution in [-0.2, 0) is 17.8 Å². The van der Waals surface area contributed by atoms with Crippen molar-refractivity contribution in [1.29, 1.82) is 0 Å². The zero-order valence-corrected chi connectivity index (χ0v) is 15.6. The number of aryl methyl sites for hydroxylation is 1. The Morgan fingerprint density at radius 1 is 1.16 bits per heavy atom. The summed E-state index contributed by atoms with van der Waals surface area (Å²) in [6.07, 6.45) is 6.59. The molecule has 25 heavy (non-hydrogen) atoms. The van der Waals surface area contributed by atoms with Gasteiger partial charge >= 0.3 is 0 Å². The van der Waals surface area contributed by atoms with Crippen LogP contribution >= 0.6 is 23.1 Å². The highest BCUT2D eigenvalue weighted by molar-refractivity contribution is 7.98. The van der Waals surface area contributed by atoms with Crippen molar-refractivity contribution in [2.75, 3.05) is 6.26 Å². The third-order valence-electron chi connectivity index (χ3n) is 3.78. The van der Waals surface area contributed by atoms with Gasteiger partial charge in [0.15, 0.2) is 0 Å². The maximum Gasteiger partial charge on any atom is 0.220 e. The number of nitrogens with zero attached hydrogens (tertiary/aromatic N) is 2. The van der Waals surface area contributed by atoms with Crippen LogP contribution in [-0.4, -0.2) is 22.1 Å². The fourth-order valence-electron chi connectivity index (χ4n) is 2.44. The van der Waals surface area contributed by atoms with E-state index in [4.69, 9.17) is 0 Å². The molecule has 3 aromatic rings. The highest BCUT2D eigenvalue weighted by atomic mass is 32.2. The topological polar surface area (TPSA) is 54.9 Å². The lowest BCUT2D eigenvalue weighted by atomic mass is 10.1. The van der Waals surface area contributed by atoms with Crippen LogP contribution in [0.5, 0.6) is 0 Å². The second-order valence-electron chi connectivity index (χ2n) is 5.45. The van der Waals surface area contributed by atoms with Gasteiger partial charge in [0.05, 0.1) is 17.1 Å². The molecule has 0 aliphatic carbocycles. The normalized spacial score (nSPS) is 10.6. The molecule has 1 aromatic carbocycles. The number of rotatable bonds is 7. The van der Waals surface area contributed by atoms with Crippen LogP contribution in [0.15, 0.2) is 59.1 Å². The number of aromatic nitrogens is 2. The molecular weight excluding hydrogens is 350 g/mol. The summed E-state index contributed by atoms with van der Waals surface area (Å²) in [7, 11) is 0. The second-order valence-corrected chi connectivity index (χ2v) is 7.28. The van der Waals surface area contributed by atoms with Gasteiger partial charge in [-0.15, -0.1) is 23.1 Å². The van der Waals surface area contributed by atoms with Crippen LogP contribution in [0.1, 0.15) is 17.7 Å². The maximum absolute atomic E-state index is 12.1. The molecule has 0 radical (unpaired) electrons. The average molecular weight is 370 g/mol. The average Bonchev–Trinajstić information content (AvgIpc) is 3.20. The standard InChI is InChI=1S/C19H19N3OS2/c1-24-15-7-4-14(5-8-15)6-9-18(23)22-13-16-19(21-11-10-20-16)17-3-2-12-25-17/h2-5,7-8,10-12H,6,9,13H2,1H3,(H,22,23). The number of carbonyl (C=O) groups excluding carboxylic acids is 1. The van der Waals surface area contributed by atoms with Crippen LogP contribution in [0, 0.1) is 0 Å². The lowest BCUT2D eigenvalue weighted by Gasteiger charge is -2.08. The van der Waals surface area contributed by atoms with Gasteiger partial charge in [-0.25, -0.2) is 0 Å². The molecule has 1 amide bonds. The smallest absolute Gasteiger partial charge is 0.220 e. The fraction of sp³-hybridized carbons (Fsp3) is 0.211. The summed E-state index contributed by atoms with van der Waals surface area (Å²) in [5.41, 5.74) is 2.81. The van der Waals surface area contributed by atoms with E-state index in [0.29, 0.717) is 13.0 Å². The fourth-order valence-corrected chi connectivity index (χ4v) is 3.59. The van der Waals surface area contributed by atoms with Crippen LogP contribution < -0.4 is 5.32 Å². The number of amides is 1. The molecule has 0 saturated carbocycles. The monoisotopic (exact) mass is 369 g/mol. The molecule has 128 valence electrons. The van der Waals surface area contributed by atoms with E-state index in [1.54, 1.807) is 35.5 Å². The molecule has 1 N–H and O–H groups in total. The molecule has 0 fully saturated rings. The molecule has 0 saturated heterocycles. The Morgan fingerprint density at radius 2 is 1.96 bits per heavy atom. The van der Waals surface area contributed by atoms with Crippen molar-refractivity contribution in [1.82, 2.24) is 15.3 Å². The van der Waals surface area contributed by atoms with E-state index < -0.39 is 0 Å². The summed E-state index contributed by atoms with van der Waals surface area (Å²) in [5, 5.41) is 4.96. The summed E-state index contributed by atoms with van der Waals surface area (Å²) in [6, 6.07) is 12.3. The van der Waals surface area contributed by atoms with E-state index in [-0.39, 0.29) is 5.91 Å². The molecule has 2 aromatic heterocycles. The quantitative estimate of drug-likeness (QED) is 0.635. The number of hydrogen-bond donors (Lipinski definition) is 1. The van der Waals surface area contributed by atoms with Gasteiger partial charge in [0, 0.05) is 23.7 Å². The SMILES string of the molecule is CSc1ccc(CCC(=O)NCc2nccnc2-c2cccs2)cc1. The summed E-state index contributed by atoms with van der Waals surface area (Å²) in [6.45, 7) is 0.394. The number of hydrogen-bond acceptors (Lipinski definition) is 5. The first kappa shape index (κ1) is 17.6. The number of carbonyl (C=O) groups is 1. The molecule has 0 aliphatic rings. The zero-order valence-electron chi connectivity index (χ0n) is 13.9. The van der Waals surface area contributed by atoms with Gasteiger partial charge in [-0.05, 0) is 41.8 Å². The number of benzene rings is 1. The van der Waals surface area contributed by atoms with Gasteiger partial charge in [-0.2, -0.15) is 0 Å². The van der Waals surface area contributed by atoms with E-state index in [9.17, 15) is 4.79 Å². The maximum atomic E-state index is 12.1. The zero-order chi connectivity index (χ0) is 17.5. The van der Waals surface area contributed by atoms with Gasteiger partial charge in [0.25, 0.3) is 0 Å². The molecule has 4 nitrogen and oxygen atoms in total. The Hall–Kier alpha value is -2.18. The van der Waals surface area contributed by atoms with Gasteiger partial charge in [0.1, 0.15) is 5.69 Å². The third kappa shape index (κ3) is 4.90. The highest BCUT2D eigenvalue weighted by Gasteiger charge is 2.10. The summed E-state index contributed by atoms with van der Waals surface area (Å²) in [5.74, 6) is 0.0247. The minimum absolute atomic E-state index is 0.0247. The molecule has 0 aliphatic heterocycles. The Morgan fingerprint density at radius 3 is 2.68 bits per heavy atom. The third-order valence-corrected chi connectivity index (χ3v) is 5.40. The van der Waals surface area contributed by atoms with Gasteiger partial charge in [-0.3, -0.25) is 14.8 Å². The van der Waals surface area contributed by atoms with Gasteiger partial charge in [0.2, 0.25) is 5.91 Å². The summed E-state index contributed by atoms with van der Waals surface area (Å²) < 4.78 is 0. The van der Waals surface area contributed by atoms with Crippen molar-refractivity contribution < 1.29 is 4.79 Å². The highest BCUT2D eigenvalue weighted by Crippen LogP contribution is 2.24. The van der Waals surface area contributed by atoms with E-state index in [1.807, 2.05) is 17.5 Å². The van der Waals surface area contributed by atoms with Crippen LogP contribution in [0.3, 0.4) is 0 Å². The summed E-state index contributed by atoms with van der Waals surface area (Å²) >= 11 is 3.33. The van der Waals surface area contributed by atoms with Crippen molar-refractivity contribution in [3.63, 3.8) is 0 Å². The molecule has 0 bridgehead atoms. The van der Waals surface area contributed by atoms with E-state index in [1.165, 1.54) is 10.5 Å². The Kier molecular flexibility index (Phi) is 6.19. The summed E-state index contributed by atoms with van der Waals surface area (Å²) in [4.78, 5) is 23.2. The van der Waals surface area contributed by atoms with Crippen molar-refractivity contribution in [3.8, 4) is 10.6 Å². The largest absolute Gasteiger partial charge is 0.350 e. The first-order valence-electron chi connectivity index (χ1n) is 7.99. The number of nitrogens with one attached hydrogen (secondary N) is 1. The lowest BCUT2D eigenvalue weighted by Crippen LogP contribution is -2.24. The predicted molar refractivity (Wildman–Crippen MR) is 104 cm³/mol. The molecular formula is C19H19N3OS2. The Balaban J connectivity index is 1.54. The lowest BCUT2D eigenvalue weighted by molar-refractivity contribution is -0.121. The van der Waals surface area contributed by atoms with Crippen molar-refractivity contribution in [2.24, 2.45) is 0 Å². The molecule has 0 atom stereocenters. The Bertz CT molecular complexity index is 817. The van der Waals surface area contributed by atoms with Crippen LogP contribution in [0.2, 0.25) is 0 Å². The number of thioether (sulfide) groups is 1. The van der Waals surface area contributed by atoms with Crippen molar-refractivity contribution in [3.05, 3.63) is 65.4 Å². The minimum Gasteiger partial charge on any atom is -0.350 e. The molecule has 0 unspecified atom stereocenters. The van der Waals surface area contributed by atoms with E-state index in [0.717, 1.165) is 22.7 Å². The van der Waals surface area contributed by atoms with Crippen molar-refractivity contribution in [2.45, 2.75) is 24.3 Å². The molecule has 2 heterocycles. The minimum atomic E-state index is 0.0247. The first-order chi connectivity index (χ1) is 12.3. The van der Waals surface area contributed by atoms with Crippen LogP contribution in [0.4, 0.5) is 0 Å². The predicted octanol–water partition coefficient (Wildman–Crippen LogP) is 4.18. The molecule has 6 heteroatoms. The van der Waals surface area contributed by atoms with Crippen molar-refractivity contribution >= 4 is 29.0 Å². The van der Waals surface area contributed by atoms with Crippen LogP contribution in [0.25, 0.3) is 10.6 Å². The number of thiophene rings is 1. The second kappa shape index (κ2) is 8.78.